The van der Waals surface area contributed by atoms with Gasteiger partial charge in [-0.15, -0.1) is 0 Å². The quantitative estimate of drug-likeness (QED) is 0.846. The Labute approximate surface area is 97.8 Å². The van der Waals surface area contributed by atoms with Crippen LogP contribution in [-0.2, 0) is 11.2 Å². The molecule has 2 N–H and O–H groups in total. The van der Waals surface area contributed by atoms with Crippen LogP contribution < -0.4 is 5.73 Å². The summed E-state index contributed by atoms with van der Waals surface area (Å²) in [4.78, 5) is 0. The van der Waals surface area contributed by atoms with Gasteiger partial charge in [0, 0.05) is 18.6 Å². The molecule has 2 heteroatoms. The first-order valence-corrected chi connectivity index (χ1v) is 6.03. The predicted octanol–water partition coefficient (Wildman–Crippen LogP) is 2.29. The zero-order chi connectivity index (χ0) is 11.6. The Morgan fingerprint density at radius 1 is 1.38 bits per heavy atom. The number of nitrogens with two attached hydrogens (primary N) is 1. The number of aryl methyl sites for hydroxylation is 1. The first-order chi connectivity index (χ1) is 7.66. The van der Waals surface area contributed by atoms with E-state index in [0.29, 0.717) is 6.54 Å². The van der Waals surface area contributed by atoms with Crippen molar-refractivity contribution in [2.24, 2.45) is 11.1 Å². The Morgan fingerprint density at radius 2 is 2.06 bits per heavy atom. The van der Waals surface area contributed by atoms with E-state index in [2.05, 4.69) is 38.1 Å². The predicted molar refractivity (Wildman–Crippen MR) is 66.4 cm³/mol. The molecule has 0 bridgehead atoms. The molecule has 1 fully saturated rings. The minimum absolute atomic E-state index is 0.148. The second-order valence-corrected chi connectivity index (χ2v) is 4.99. The lowest BCUT2D eigenvalue weighted by atomic mass is 9.76. The third-order valence-corrected chi connectivity index (χ3v) is 3.91. The zero-order valence-corrected chi connectivity index (χ0v) is 10.2. The molecule has 1 aliphatic rings. The van der Waals surface area contributed by atoms with Crippen LogP contribution in [0.3, 0.4) is 0 Å². The molecule has 2 unspecified atom stereocenters. The Hall–Kier alpha value is -0.860. The monoisotopic (exact) mass is 219 g/mol. The van der Waals surface area contributed by atoms with Crippen molar-refractivity contribution in [2.75, 3.05) is 13.2 Å². The van der Waals surface area contributed by atoms with Crippen molar-refractivity contribution in [3.8, 4) is 0 Å². The Bertz CT molecular complexity index is 346. The molecule has 1 aromatic rings. The topological polar surface area (TPSA) is 35.2 Å². The van der Waals surface area contributed by atoms with Gasteiger partial charge in [-0.2, -0.15) is 0 Å². The van der Waals surface area contributed by atoms with Crippen LogP contribution in [0.5, 0.6) is 0 Å². The standard InChI is InChI=1S/C14H21NO/c1-11-3-5-13(6-4-11)9-14(10-15)7-8-16-12(14)2/h3-6,12H,7-10,15H2,1-2H3. The number of ether oxygens (including phenoxy) is 1. The van der Waals surface area contributed by atoms with E-state index in [1.165, 1.54) is 11.1 Å². The molecule has 1 aromatic carbocycles. The van der Waals surface area contributed by atoms with E-state index in [9.17, 15) is 0 Å². The van der Waals surface area contributed by atoms with E-state index in [1.807, 2.05) is 0 Å². The van der Waals surface area contributed by atoms with Crippen LogP contribution >= 0.6 is 0 Å². The maximum Gasteiger partial charge on any atom is 0.0619 e. The normalized spacial score (nSPS) is 29.6. The van der Waals surface area contributed by atoms with Gasteiger partial charge in [0.1, 0.15) is 0 Å². The van der Waals surface area contributed by atoms with Crippen LogP contribution in [-0.4, -0.2) is 19.3 Å². The lowest BCUT2D eigenvalue weighted by Crippen LogP contribution is -2.38. The molecule has 88 valence electrons. The van der Waals surface area contributed by atoms with E-state index < -0.39 is 0 Å². The fourth-order valence-corrected chi connectivity index (χ4v) is 2.50. The minimum atomic E-state index is 0.148. The van der Waals surface area contributed by atoms with Crippen molar-refractivity contribution in [3.05, 3.63) is 35.4 Å². The molecule has 0 spiro atoms. The van der Waals surface area contributed by atoms with Gasteiger partial charge in [0.05, 0.1) is 6.10 Å². The van der Waals surface area contributed by atoms with E-state index in [1.54, 1.807) is 0 Å². The summed E-state index contributed by atoms with van der Waals surface area (Å²) in [5, 5.41) is 0. The Morgan fingerprint density at radius 3 is 2.56 bits per heavy atom. The maximum absolute atomic E-state index is 5.96. The van der Waals surface area contributed by atoms with Gasteiger partial charge in [0.2, 0.25) is 0 Å². The molecule has 0 saturated carbocycles. The second kappa shape index (κ2) is 4.56. The molecule has 16 heavy (non-hydrogen) atoms. The summed E-state index contributed by atoms with van der Waals surface area (Å²) >= 11 is 0. The summed E-state index contributed by atoms with van der Waals surface area (Å²) < 4.78 is 5.68. The van der Waals surface area contributed by atoms with Crippen LogP contribution in [0.15, 0.2) is 24.3 Å². The lowest BCUT2D eigenvalue weighted by Gasteiger charge is -2.30. The highest BCUT2D eigenvalue weighted by Gasteiger charge is 2.40. The van der Waals surface area contributed by atoms with Gasteiger partial charge in [-0.25, -0.2) is 0 Å². The molecule has 1 aliphatic heterocycles. The first-order valence-electron chi connectivity index (χ1n) is 6.03. The van der Waals surface area contributed by atoms with Crippen LogP contribution in [0.25, 0.3) is 0 Å². The molecule has 2 atom stereocenters. The highest BCUT2D eigenvalue weighted by Crippen LogP contribution is 2.37. The van der Waals surface area contributed by atoms with Gasteiger partial charge in [-0.3, -0.25) is 0 Å². The average Bonchev–Trinajstić information content (AvgIpc) is 2.64. The zero-order valence-electron chi connectivity index (χ0n) is 10.2. The van der Waals surface area contributed by atoms with Crippen LogP contribution in [0.1, 0.15) is 24.5 Å². The van der Waals surface area contributed by atoms with Crippen molar-refractivity contribution in [3.63, 3.8) is 0 Å². The van der Waals surface area contributed by atoms with Gasteiger partial charge in [0.25, 0.3) is 0 Å². The van der Waals surface area contributed by atoms with Gasteiger partial charge in [-0.1, -0.05) is 29.8 Å². The number of benzene rings is 1. The Balaban J connectivity index is 2.15. The minimum Gasteiger partial charge on any atom is -0.378 e. The molecule has 1 saturated heterocycles. The summed E-state index contributed by atoms with van der Waals surface area (Å²) in [6.45, 7) is 5.82. The van der Waals surface area contributed by atoms with Crippen molar-refractivity contribution in [2.45, 2.75) is 32.8 Å². The average molecular weight is 219 g/mol. The molecule has 2 rings (SSSR count). The molecule has 0 radical (unpaired) electrons. The Kier molecular flexibility index (Phi) is 3.31. The van der Waals surface area contributed by atoms with Gasteiger partial charge >= 0.3 is 0 Å². The molecule has 2 nitrogen and oxygen atoms in total. The highest BCUT2D eigenvalue weighted by molar-refractivity contribution is 5.23. The van der Waals surface area contributed by atoms with Crippen LogP contribution in [0.2, 0.25) is 0 Å². The van der Waals surface area contributed by atoms with E-state index in [-0.39, 0.29) is 11.5 Å². The van der Waals surface area contributed by atoms with Crippen LogP contribution in [0, 0.1) is 12.3 Å². The van der Waals surface area contributed by atoms with Crippen molar-refractivity contribution in [1.82, 2.24) is 0 Å². The number of hydrogen-bond donors (Lipinski definition) is 1. The van der Waals surface area contributed by atoms with Crippen molar-refractivity contribution < 1.29 is 4.74 Å². The third kappa shape index (κ3) is 2.13. The van der Waals surface area contributed by atoms with E-state index in [0.717, 1.165) is 19.4 Å². The SMILES string of the molecule is Cc1ccc(CC2(CN)CCOC2C)cc1. The molecule has 0 aliphatic carbocycles. The fourth-order valence-electron chi connectivity index (χ4n) is 2.50. The lowest BCUT2D eigenvalue weighted by molar-refractivity contribution is 0.0673. The fraction of sp³-hybridized carbons (Fsp3) is 0.571. The first kappa shape index (κ1) is 11.6. The second-order valence-electron chi connectivity index (χ2n) is 4.99. The summed E-state index contributed by atoms with van der Waals surface area (Å²) in [7, 11) is 0. The van der Waals surface area contributed by atoms with Crippen molar-refractivity contribution >= 4 is 0 Å². The summed E-state index contributed by atoms with van der Waals surface area (Å²) in [5.41, 5.74) is 8.78. The third-order valence-electron chi connectivity index (χ3n) is 3.91. The molecule has 1 heterocycles. The molecular weight excluding hydrogens is 198 g/mol. The summed E-state index contributed by atoms with van der Waals surface area (Å²) in [6, 6.07) is 8.75. The van der Waals surface area contributed by atoms with Gasteiger partial charge in [0.15, 0.2) is 0 Å². The van der Waals surface area contributed by atoms with E-state index >= 15 is 0 Å². The number of hydrogen-bond acceptors (Lipinski definition) is 2. The smallest absolute Gasteiger partial charge is 0.0619 e. The molecule has 0 amide bonds. The maximum atomic E-state index is 5.96. The summed E-state index contributed by atoms with van der Waals surface area (Å²) in [6.07, 6.45) is 2.39. The largest absolute Gasteiger partial charge is 0.378 e. The molecule has 0 aromatic heterocycles. The highest BCUT2D eigenvalue weighted by atomic mass is 16.5. The van der Waals surface area contributed by atoms with E-state index in [4.69, 9.17) is 10.5 Å². The van der Waals surface area contributed by atoms with Crippen molar-refractivity contribution in [1.29, 1.82) is 0 Å². The van der Waals surface area contributed by atoms with Gasteiger partial charge < -0.3 is 10.5 Å². The summed E-state index contributed by atoms with van der Waals surface area (Å²) in [5.74, 6) is 0. The van der Waals surface area contributed by atoms with Gasteiger partial charge in [-0.05, 0) is 32.3 Å². The number of rotatable bonds is 3. The van der Waals surface area contributed by atoms with Crippen LogP contribution in [0.4, 0.5) is 0 Å². The molecular formula is C14H21NO.